The lowest BCUT2D eigenvalue weighted by Gasteiger charge is -2.02. The van der Waals surface area contributed by atoms with E-state index < -0.39 is 17.6 Å². The zero-order valence-electron chi connectivity index (χ0n) is 9.37. The highest BCUT2D eigenvalue weighted by molar-refractivity contribution is 14.1. The molecule has 1 N–H and O–H groups in total. The molecule has 2 rings (SSSR count). The summed E-state index contributed by atoms with van der Waals surface area (Å²) in [6.45, 7) is 0. The number of hydrogen-bond donors (Lipinski definition) is 1. The average Bonchev–Trinajstić information content (AvgIpc) is 2.35. The van der Waals surface area contributed by atoms with Crippen LogP contribution in [0.3, 0.4) is 0 Å². The van der Waals surface area contributed by atoms with Gasteiger partial charge in [-0.25, -0.2) is 13.8 Å². The smallest absolute Gasteiger partial charge is 0.222 e. The van der Waals surface area contributed by atoms with Gasteiger partial charge >= 0.3 is 0 Å². The Morgan fingerprint density at radius 2 is 2.00 bits per heavy atom. The third kappa shape index (κ3) is 3.43. The molecule has 0 radical (unpaired) electrons. The highest BCUT2D eigenvalue weighted by atomic mass is 127. The molecule has 0 unspecified atom stereocenters. The standard InChI is InChI=1S/C12H7F3IN3/c13-7-1-2-11(9(14)5-7)19-18-6-8-10(16)3-4-17-12(8)15/h1-6,19H/b18-6+. The summed E-state index contributed by atoms with van der Waals surface area (Å²) in [7, 11) is 0. The summed E-state index contributed by atoms with van der Waals surface area (Å²) < 4.78 is 39.9. The fourth-order valence-corrected chi connectivity index (χ4v) is 1.81. The van der Waals surface area contributed by atoms with Gasteiger partial charge in [0.05, 0.1) is 17.5 Å². The number of nitrogens with zero attached hydrogens (tertiary/aromatic N) is 2. The molecule has 1 heterocycles. The topological polar surface area (TPSA) is 37.3 Å². The molecule has 3 nitrogen and oxygen atoms in total. The molecule has 0 bridgehead atoms. The molecule has 0 saturated heterocycles. The van der Waals surface area contributed by atoms with Crippen molar-refractivity contribution in [2.45, 2.75) is 0 Å². The number of halogens is 4. The largest absolute Gasteiger partial charge is 0.276 e. The molecule has 0 aliphatic heterocycles. The Balaban J connectivity index is 2.16. The molecule has 0 fully saturated rings. The molecule has 0 spiro atoms. The molecule has 2 aromatic rings. The summed E-state index contributed by atoms with van der Waals surface area (Å²) >= 11 is 1.93. The number of benzene rings is 1. The maximum Gasteiger partial charge on any atom is 0.222 e. The van der Waals surface area contributed by atoms with Gasteiger partial charge in [0.1, 0.15) is 5.82 Å². The van der Waals surface area contributed by atoms with Gasteiger partial charge in [0.25, 0.3) is 0 Å². The van der Waals surface area contributed by atoms with Crippen LogP contribution in [0.4, 0.5) is 18.9 Å². The van der Waals surface area contributed by atoms with Crippen LogP contribution in [-0.4, -0.2) is 11.2 Å². The third-order valence-electron chi connectivity index (χ3n) is 2.20. The van der Waals surface area contributed by atoms with Gasteiger partial charge in [0, 0.05) is 15.8 Å². The molecule has 19 heavy (non-hydrogen) atoms. The summed E-state index contributed by atoms with van der Waals surface area (Å²) in [4.78, 5) is 3.48. The van der Waals surface area contributed by atoms with E-state index in [4.69, 9.17) is 0 Å². The second-order valence-electron chi connectivity index (χ2n) is 3.49. The molecule has 0 saturated carbocycles. The lowest BCUT2D eigenvalue weighted by Crippen LogP contribution is -1.99. The van der Waals surface area contributed by atoms with Crippen LogP contribution >= 0.6 is 22.6 Å². The van der Waals surface area contributed by atoms with Crippen LogP contribution in [0.2, 0.25) is 0 Å². The van der Waals surface area contributed by atoms with Crippen molar-refractivity contribution in [3.05, 3.63) is 57.2 Å². The van der Waals surface area contributed by atoms with E-state index >= 15 is 0 Å². The first kappa shape index (κ1) is 13.8. The van der Waals surface area contributed by atoms with E-state index in [1.165, 1.54) is 18.5 Å². The van der Waals surface area contributed by atoms with Crippen molar-refractivity contribution in [3.63, 3.8) is 0 Å². The number of nitrogens with one attached hydrogen (secondary N) is 1. The van der Waals surface area contributed by atoms with Crippen LogP contribution in [0.15, 0.2) is 35.6 Å². The average molecular weight is 377 g/mol. The van der Waals surface area contributed by atoms with Crippen molar-refractivity contribution in [1.82, 2.24) is 4.98 Å². The van der Waals surface area contributed by atoms with Crippen molar-refractivity contribution >= 4 is 34.5 Å². The van der Waals surface area contributed by atoms with Crippen molar-refractivity contribution in [2.75, 3.05) is 5.43 Å². The Morgan fingerprint density at radius 3 is 2.68 bits per heavy atom. The minimum Gasteiger partial charge on any atom is -0.276 e. The highest BCUT2D eigenvalue weighted by Crippen LogP contribution is 2.15. The van der Waals surface area contributed by atoms with Gasteiger partial charge < -0.3 is 0 Å². The Bertz CT molecular complexity index is 611. The molecular weight excluding hydrogens is 370 g/mol. The summed E-state index contributed by atoms with van der Waals surface area (Å²) in [6.07, 6.45) is 2.52. The highest BCUT2D eigenvalue weighted by Gasteiger charge is 2.05. The molecular formula is C12H7F3IN3. The minimum absolute atomic E-state index is 0.00282. The maximum absolute atomic E-state index is 13.3. The Morgan fingerprint density at radius 1 is 1.21 bits per heavy atom. The molecule has 1 aromatic carbocycles. The first-order valence-electron chi connectivity index (χ1n) is 5.12. The Kier molecular flexibility index (Phi) is 4.35. The summed E-state index contributed by atoms with van der Waals surface area (Å²) in [5.41, 5.74) is 2.56. The number of anilines is 1. The van der Waals surface area contributed by atoms with Gasteiger partial charge in [0.2, 0.25) is 5.95 Å². The molecule has 0 aliphatic rings. The van der Waals surface area contributed by atoms with Crippen LogP contribution in [0.1, 0.15) is 5.56 Å². The van der Waals surface area contributed by atoms with Crippen molar-refractivity contribution in [1.29, 1.82) is 0 Å². The van der Waals surface area contributed by atoms with Crippen molar-refractivity contribution in [2.24, 2.45) is 5.10 Å². The van der Waals surface area contributed by atoms with Crippen LogP contribution in [0.25, 0.3) is 0 Å². The fourth-order valence-electron chi connectivity index (χ4n) is 1.29. The van der Waals surface area contributed by atoms with Crippen molar-refractivity contribution in [3.8, 4) is 0 Å². The molecule has 1 aromatic heterocycles. The predicted molar refractivity (Wildman–Crippen MR) is 74.5 cm³/mol. The number of rotatable bonds is 3. The maximum atomic E-state index is 13.3. The van der Waals surface area contributed by atoms with Gasteiger partial charge in [-0.3, -0.25) is 5.43 Å². The molecule has 98 valence electrons. The van der Waals surface area contributed by atoms with E-state index in [2.05, 4.69) is 15.5 Å². The quantitative estimate of drug-likeness (QED) is 0.385. The lowest BCUT2D eigenvalue weighted by molar-refractivity contribution is 0.580. The SMILES string of the molecule is Fc1ccc(N/N=C/c2c(I)ccnc2F)c(F)c1. The zero-order chi connectivity index (χ0) is 13.8. The van der Waals surface area contributed by atoms with E-state index in [1.807, 2.05) is 22.6 Å². The van der Waals surface area contributed by atoms with Crippen LogP contribution in [-0.2, 0) is 0 Å². The van der Waals surface area contributed by atoms with Gasteiger partial charge in [0.15, 0.2) is 5.82 Å². The first-order valence-corrected chi connectivity index (χ1v) is 6.20. The lowest BCUT2D eigenvalue weighted by atomic mass is 10.3. The number of hydrazone groups is 1. The van der Waals surface area contributed by atoms with E-state index in [1.54, 1.807) is 6.07 Å². The predicted octanol–water partition coefficient (Wildman–Crippen LogP) is 3.55. The number of pyridine rings is 1. The molecule has 0 atom stereocenters. The minimum atomic E-state index is -0.779. The van der Waals surface area contributed by atoms with Crippen LogP contribution in [0, 0.1) is 21.2 Å². The van der Waals surface area contributed by atoms with Gasteiger partial charge in [-0.15, -0.1) is 0 Å². The van der Waals surface area contributed by atoms with Gasteiger partial charge in [-0.05, 0) is 40.8 Å². The van der Waals surface area contributed by atoms with Crippen LogP contribution < -0.4 is 5.43 Å². The number of hydrogen-bond acceptors (Lipinski definition) is 3. The summed E-state index contributed by atoms with van der Waals surface area (Å²) in [5.74, 6) is -2.13. The van der Waals surface area contributed by atoms with Gasteiger partial charge in [-0.2, -0.15) is 9.49 Å². The molecule has 7 heteroatoms. The second kappa shape index (κ2) is 6.00. The molecule has 0 aliphatic carbocycles. The van der Waals surface area contributed by atoms with E-state index in [9.17, 15) is 13.2 Å². The van der Waals surface area contributed by atoms with E-state index in [0.717, 1.165) is 12.1 Å². The van der Waals surface area contributed by atoms with Gasteiger partial charge in [-0.1, -0.05) is 0 Å². The number of aromatic nitrogens is 1. The summed E-state index contributed by atoms with van der Waals surface area (Å²) in [5, 5.41) is 3.70. The van der Waals surface area contributed by atoms with Crippen LogP contribution in [0.5, 0.6) is 0 Å². The van der Waals surface area contributed by atoms with E-state index in [-0.39, 0.29) is 11.3 Å². The normalized spacial score (nSPS) is 10.9. The van der Waals surface area contributed by atoms with E-state index in [0.29, 0.717) is 3.57 Å². The zero-order valence-corrected chi connectivity index (χ0v) is 11.5. The third-order valence-corrected chi connectivity index (χ3v) is 3.14. The summed E-state index contributed by atoms with van der Waals surface area (Å²) in [6, 6.07) is 4.64. The second-order valence-corrected chi connectivity index (χ2v) is 4.65. The van der Waals surface area contributed by atoms with Crippen molar-refractivity contribution < 1.29 is 13.2 Å². The fraction of sp³-hybridized carbons (Fsp3) is 0. The Labute approximate surface area is 120 Å². The molecule has 0 amide bonds. The first-order chi connectivity index (χ1) is 9.08. The monoisotopic (exact) mass is 377 g/mol. The Hall–Kier alpha value is -1.64.